The summed E-state index contributed by atoms with van der Waals surface area (Å²) in [5.41, 5.74) is 2.94. The Morgan fingerprint density at radius 3 is 2.72 bits per heavy atom. The topological polar surface area (TPSA) is 42.2 Å². The lowest BCUT2D eigenvalue weighted by atomic mass is 10.1. The largest absolute Gasteiger partial charge is 0.420 e. The van der Waals surface area contributed by atoms with Gasteiger partial charge in [-0.3, -0.25) is 4.90 Å². The van der Waals surface area contributed by atoms with E-state index in [1.165, 1.54) is 17.2 Å². The molecule has 2 aromatic carbocycles. The zero-order chi connectivity index (χ0) is 17.2. The van der Waals surface area contributed by atoms with Crippen LogP contribution in [-0.2, 0) is 6.54 Å². The highest BCUT2D eigenvalue weighted by Crippen LogP contribution is 2.30. The summed E-state index contributed by atoms with van der Waals surface area (Å²) in [6.45, 7) is 4.90. The maximum atomic E-state index is 13.9. The molecule has 0 bridgehead atoms. The van der Waals surface area contributed by atoms with Gasteiger partial charge >= 0.3 is 0 Å². The molecule has 3 aromatic rings. The lowest BCUT2D eigenvalue weighted by Crippen LogP contribution is -2.19. The molecule has 5 heteroatoms. The van der Waals surface area contributed by atoms with E-state index in [1.807, 2.05) is 0 Å². The highest BCUT2D eigenvalue weighted by atomic mass is 19.1. The fraction of sp³-hybridized carbons (Fsp3) is 0.300. The molecule has 128 valence electrons. The molecule has 1 fully saturated rings. The molecule has 4 nitrogen and oxygen atoms in total. The summed E-state index contributed by atoms with van der Waals surface area (Å²) in [5, 5.41) is 8.19. The number of rotatable bonds is 4. The van der Waals surface area contributed by atoms with Crippen LogP contribution in [0.2, 0.25) is 0 Å². The monoisotopic (exact) mass is 337 g/mol. The second kappa shape index (κ2) is 6.76. The van der Waals surface area contributed by atoms with Crippen LogP contribution in [0.1, 0.15) is 29.4 Å². The molecule has 4 rings (SSSR count). The van der Waals surface area contributed by atoms with Crippen molar-refractivity contribution in [2.24, 2.45) is 0 Å². The highest BCUT2D eigenvalue weighted by Gasteiger charge is 2.28. The molecule has 0 radical (unpaired) electrons. The maximum absolute atomic E-state index is 13.9. The molecule has 1 saturated heterocycles. The summed E-state index contributed by atoms with van der Waals surface area (Å²) in [4.78, 5) is 2.39. The minimum absolute atomic E-state index is 0.207. The van der Waals surface area contributed by atoms with Crippen molar-refractivity contribution in [3.05, 3.63) is 71.4 Å². The molecule has 0 aliphatic carbocycles. The lowest BCUT2D eigenvalue weighted by molar-refractivity contribution is 0.320. The van der Waals surface area contributed by atoms with E-state index < -0.39 is 0 Å². The van der Waals surface area contributed by atoms with Gasteiger partial charge in [-0.05, 0) is 37.6 Å². The predicted octanol–water partition coefficient (Wildman–Crippen LogP) is 4.17. The minimum Gasteiger partial charge on any atom is -0.420 e. The molecule has 1 aliphatic rings. The zero-order valence-electron chi connectivity index (χ0n) is 14.2. The SMILES string of the molecule is Cc1ccc(CN2CC[C@H](c3nnc(-c4ccccc4F)o3)C2)cc1. The van der Waals surface area contributed by atoms with Crippen LogP contribution in [-0.4, -0.2) is 28.2 Å². The lowest BCUT2D eigenvalue weighted by Gasteiger charge is -2.15. The van der Waals surface area contributed by atoms with E-state index in [0.717, 1.165) is 26.1 Å². The van der Waals surface area contributed by atoms with Crippen molar-refractivity contribution >= 4 is 0 Å². The Bertz CT molecular complexity index is 859. The van der Waals surface area contributed by atoms with E-state index in [1.54, 1.807) is 18.2 Å². The molecule has 1 aliphatic heterocycles. The summed E-state index contributed by atoms with van der Waals surface area (Å²) < 4.78 is 19.6. The fourth-order valence-corrected chi connectivity index (χ4v) is 3.27. The summed E-state index contributed by atoms with van der Waals surface area (Å²) in [7, 11) is 0. The third-order valence-corrected chi connectivity index (χ3v) is 4.69. The average Bonchev–Trinajstić information content (AvgIpc) is 3.27. The first-order valence-electron chi connectivity index (χ1n) is 8.55. The second-order valence-corrected chi connectivity index (χ2v) is 6.63. The number of aryl methyl sites for hydroxylation is 1. The van der Waals surface area contributed by atoms with Crippen molar-refractivity contribution in [2.75, 3.05) is 13.1 Å². The summed E-state index contributed by atoms with van der Waals surface area (Å²) in [5.74, 6) is 0.721. The van der Waals surface area contributed by atoms with E-state index in [0.29, 0.717) is 11.5 Å². The molecule has 0 N–H and O–H groups in total. The van der Waals surface area contributed by atoms with Crippen LogP contribution in [0.4, 0.5) is 4.39 Å². The smallest absolute Gasteiger partial charge is 0.250 e. The third kappa shape index (κ3) is 3.46. The highest BCUT2D eigenvalue weighted by molar-refractivity contribution is 5.53. The van der Waals surface area contributed by atoms with Crippen molar-refractivity contribution in [2.45, 2.75) is 25.8 Å². The molecule has 0 saturated carbocycles. The zero-order valence-corrected chi connectivity index (χ0v) is 14.2. The van der Waals surface area contributed by atoms with E-state index in [9.17, 15) is 4.39 Å². The van der Waals surface area contributed by atoms with E-state index in [4.69, 9.17) is 4.42 Å². The van der Waals surface area contributed by atoms with Crippen LogP contribution in [0.15, 0.2) is 52.9 Å². The van der Waals surface area contributed by atoms with Gasteiger partial charge in [0.25, 0.3) is 5.89 Å². The summed E-state index contributed by atoms with van der Waals surface area (Å²) >= 11 is 0. The predicted molar refractivity (Wildman–Crippen MR) is 93.5 cm³/mol. The van der Waals surface area contributed by atoms with Crippen molar-refractivity contribution in [1.29, 1.82) is 0 Å². The van der Waals surface area contributed by atoms with Crippen LogP contribution in [0, 0.1) is 12.7 Å². The molecular formula is C20H20FN3O. The third-order valence-electron chi connectivity index (χ3n) is 4.69. The number of aromatic nitrogens is 2. The fourth-order valence-electron chi connectivity index (χ4n) is 3.27. The van der Waals surface area contributed by atoms with Crippen LogP contribution < -0.4 is 0 Å². The summed E-state index contributed by atoms with van der Waals surface area (Å²) in [6, 6.07) is 15.1. The molecule has 25 heavy (non-hydrogen) atoms. The molecule has 2 heterocycles. The van der Waals surface area contributed by atoms with Crippen molar-refractivity contribution in [3.63, 3.8) is 0 Å². The second-order valence-electron chi connectivity index (χ2n) is 6.63. The quantitative estimate of drug-likeness (QED) is 0.716. The molecule has 0 unspecified atom stereocenters. The number of hydrogen-bond acceptors (Lipinski definition) is 4. The number of benzene rings is 2. The van der Waals surface area contributed by atoms with Gasteiger partial charge in [0.2, 0.25) is 5.89 Å². The number of likely N-dealkylation sites (tertiary alicyclic amines) is 1. The van der Waals surface area contributed by atoms with Gasteiger partial charge in [0.05, 0.1) is 11.5 Å². The van der Waals surface area contributed by atoms with Gasteiger partial charge in [-0.15, -0.1) is 10.2 Å². The van der Waals surface area contributed by atoms with E-state index in [-0.39, 0.29) is 17.6 Å². The first-order chi connectivity index (χ1) is 12.2. The Balaban J connectivity index is 1.44. The first-order valence-corrected chi connectivity index (χ1v) is 8.55. The molecule has 1 aromatic heterocycles. The first kappa shape index (κ1) is 16.0. The van der Waals surface area contributed by atoms with Crippen molar-refractivity contribution < 1.29 is 8.81 Å². The van der Waals surface area contributed by atoms with Gasteiger partial charge in [-0.2, -0.15) is 0 Å². The van der Waals surface area contributed by atoms with Crippen LogP contribution in [0.5, 0.6) is 0 Å². The average molecular weight is 337 g/mol. The molecular weight excluding hydrogens is 317 g/mol. The van der Waals surface area contributed by atoms with Gasteiger partial charge in [0.15, 0.2) is 0 Å². The van der Waals surface area contributed by atoms with Crippen molar-refractivity contribution in [3.8, 4) is 11.5 Å². The van der Waals surface area contributed by atoms with Gasteiger partial charge in [0.1, 0.15) is 5.82 Å². The maximum Gasteiger partial charge on any atom is 0.250 e. The minimum atomic E-state index is -0.342. The molecule has 0 amide bonds. The van der Waals surface area contributed by atoms with Gasteiger partial charge in [0, 0.05) is 13.1 Å². The summed E-state index contributed by atoms with van der Waals surface area (Å²) in [6.07, 6.45) is 0.977. The van der Waals surface area contributed by atoms with Crippen molar-refractivity contribution in [1.82, 2.24) is 15.1 Å². The number of nitrogens with zero attached hydrogens (tertiary/aromatic N) is 3. The number of hydrogen-bond donors (Lipinski definition) is 0. The number of halogens is 1. The molecule has 1 atom stereocenters. The Morgan fingerprint density at radius 1 is 1.12 bits per heavy atom. The Kier molecular flexibility index (Phi) is 4.32. The Hall–Kier alpha value is -2.53. The van der Waals surface area contributed by atoms with E-state index >= 15 is 0 Å². The van der Waals surface area contributed by atoms with Gasteiger partial charge < -0.3 is 4.42 Å². The normalized spacial score (nSPS) is 17.9. The molecule has 0 spiro atoms. The van der Waals surface area contributed by atoms with Gasteiger partial charge in [-0.1, -0.05) is 42.0 Å². The van der Waals surface area contributed by atoms with Gasteiger partial charge in [-0.25, -0.2) is 4.39 Å². The van der Waals surface area contributed by atoms with E-state index in [2.05, 4.69) is 46.3 Å². The van der Waals surface area contributed by atoms with Crippen LogP contribution in [0.25, 0.3) is 11.5 Å². The van der Waals surface area contributed by atoms with Crippen LogP contribution in [0.3, 0.4) is 0 Å². The standard InChI is InChI=1S/C20H20FN3O/c1-14-6-8-15(9-7-14)12-24-11-10-16(13-24)19-22-23-20(25-19)17-4-2-3-5-18(17)21/h2-9,16H,10-13H2,1H3/t16-/m0/s1. The Labute approximate surface area is 146 Å². The van der Waals surface area contributed by atoms with Crippen LogP contribution >= 0.6 is 0 Å². The Morgan fingerprint density at radius 2 is 1.92 bits per heavy atom.